The van der Waals surface area contributed by atoms with Crippen LogP contribution in [0.25, 0.3) is 9.75 Å². The minimum absolute atomic E-state index is 0.178. The van der Waals surface area contributed by atoms with Gasteiger partial charge >= 0.3 is 0 Å². The van der Waals surface area contributed by atoms with Crippen molar-refractivity contribution in [3.8, 4) is 9.75 Å². The van der Waals surface area contributed by atoms with Gasteiger partial charge in [-0.1, -0.05) is 0 Å². The summed E-state index contributed by atoms with van der Waals surface area (Å²) in [6, 6.07) is 8.51. The van der Waals surface area contributed by atoms with Crippen LogP contribution in [-0.4, -0.2) is 22.6 Å². The van der Waals surface area contributed by atoms with Crippen LogP contribution in [0.15, 0.2) is 28.1 Å². The summed E-state index contributed by atoms with van der Waals surface area (Å²) in [6.07, 6.45) is 4.56. The topological polar surface area (TPSA) is 49.3 Å². The zero-order chi connectivity index (χ0) is 15.2. The largest absolute Gasteiger partial charge is 0.289 e. The van der Waals surface area contributed by atoms with Gasteiger partial charge < -0.3 is 0 Å². The first-order chi connectivity index (χ1) is 10.1. The number of hydrogen-bond donors (Lipinski definition) is 2. The van der Waals surface area contributed by atoms with E-state index in [1.165, 1.54) is 26.4 Å². The number of thioether (sulfide) groups is 1. The summed E-state index contributed by atoms with van der Waals surface area (Å²) < 4.78 is 1.14. The van der Waals surface area contributed by atoms with E-state index < -0.39 is 0 Å². The molecular formula is C14H16BrNO2S3. The zero-order valence-electron chi connectivity index (χ0n) is 11.5. The first kappa shape index (κ1) is 17.0. The van der Waals surface area contributed by atoms with E-state index in [-0.39, 0.29) is 11.2 Å². The van der Waals surface area contributed by atoms with Gasteiger partial charge in [0.1, 0.15) is 0 Å². The molecule has 0 aliphatic rings. The lowest BCUT2D eigenvalue weighted by Gasteiger charge is -2.10. The van der Waals surface area contributed by atoms with Gasteiger partial charge in [-0.05, 0) is 65.7 Å². The molecule has 0 saturated heterocycles. The number of rotatable bonds is 7. The van der Waals surface area contributed by atoms with Crippen LogP contribution in [0, 0.1) is 0 Å². The van der Waals surface area contributed by atoms with Crippen molar-refractivity contribution >= 4 is 56.3 Å². The molecule has 3 nitrogen and oxygen atoms in total. The molecule has 21 heavy (non-hydrogen) atoms. The number of amides is 1. The molecule has 0 bridgehead atoms. The van der Waals surface area contributed by atoms with E-state index in [2.05, 4.69) is 40.2 Å². The summed E-state index contributed by atoms with van der Waals surface area (Å²) in [6.45, 7) is 0. The summed E-state index contributed by atoms with van der Waals surface area (Å²) in [5, 5.41) is 8.49. The molecule has 2 aromatic heterocycles. The van der Waals surface area contributed by atoms with Crippen molar-refractivity contribution in [3.63, 3.8) is 0 Å². The summed E-state index contributed by atoms with van der Waals surface area (Å²) in [4.78, 5) is 15.3. The van der Waals surface area contributed by atoms with Crippen LogP contribution in [0.1, 0.15) is 17.7 Å². The van der Waals surface area contributed by atoms with Gasteiger partial charge in [-0.15, -0.1) is 22.7 Å². The number of carbonyl (C=O) groups is 1. The van der Waals surface area contributed by atoms with Crippen LogP contribution < -0.4 is 5.48 Å². The van der Waals surface area contributed by atoms with E-state index in [1.54, 1.807) is 28.2 Å². The van der Waals surface area contributed by atoms with Crippen molar-refractivity contribution in [1.29, 1.82) is 0 Å². The average Bonchev–Trinajstić information content (AvgIpc) is 3.11. The highest BCUT2D eigenvalue weighted by molar-refractivity contribution is 9.11. The number of carbonyl (C=O) groups excluding carboxylic acids is 1. The average molecular weight is 406 g/mol. The minimum atomic E-state index is -0.308. The number of hydroxylamine groups is 1. The second-order valence-corrected chi connectivity index (χ2v) is 9.13. The predicted octanol–water partition coefficient (Wildman–Crippen LogP) is 4.80. The molecule has 2 rings (SSSR count). The van der Waals surface area contributed by atoms with Crippen LogP contribution in [-0.2, 0) is 11.2 Å². The predicted molar refractivity (Wildman–Crippen MR) is 95.5 cm³/mol. The minimum Gasteiger partial charge on any atom is -0.289 e. The fraction of sp³-hybridized carbons (Fsp3) is 0.357. The lowest BCUT2D eigenvalue weighted by molar-refractivity contribution is -0.128. The van der Waals surface area contributed by atoms with Gasteiger partial charge in [-0.3, -0.25) is 10.0 Å². The molecule has 1 unspecified atom stereocenters. The lowest BCUT2D eigenvalue weighted by Crippen LogP contribution is -2.29. The maximum atomic E-state index is 11.4. The van der Waals surface area contributed by atoms with Crippen LogP contribution >= 0.6 is 50.4 Å². The molecule has 2 heterocycles. The molecule has 0 aromatic carbocycles. The Bertz CT molecular complexity index is 597. The van der Waals surface area contributed by atoms with Gasteiger partial charge in [0.05, 0.1) is 9.04 Å². The fourth-order valence-electron chi connectivity index (χ4n) is 1.98. The highest BCUT2D eigenvalue weighted by atomic mass is 79.9. The lowest BCUT2D eigenvalue weighted by atomic mass is 10.1. The molecule has 7 heteroatoms. The Kier molecular flexibility index (Phi) is 6.75. The van der Waals surface area contributed by atoms with Crippen LogP contribution in [0.2, 0.25) is 0 Å². The monoisotopic (exact) mass is 405 g/mol. The van der Waals surface area contributed by atoms with Gasteiger partial charge in [-0.2, -0.15) is 11.8 Å². The van der Waals surface area contributed by atoms with Crippen molar-refractivity contribution in [2.24, 2.45) is 0 Å². The van der Waals surface area contributed by atoms with E-state index in [9.17, 15) is 4.79 Å². The fourth-order valence-corrected chi connectivity index (χ4v) is 5.18. The Morgan fingerprint density at radius 1 is 1.33 bits per heavy atom. The summed E-state index contributed by atoms with van der Waals surface area (Å²) in [5.74, 6) is -0.308. The third-order valence-corrected chi connectivity index (χ3v) is 7.04. The Labute approximate surface area is 144 Å². The van der Waals surface area contributed by atoms with Crippen molar-refractivity contribution in [2.75, 3.05) is 6.26 Å². The number of halogens is 1. The first-order valence-electron chi connectivity index (χ1n) is 6.45. The van der Waals surface area contributed by atoms with Gasteiger partial charge in [0.15, 0.2) is 0 Å². The van der Waals surface area contributed by atoms with E-state index in [1.807, 2.05) is 6.26 Å². The smallest absolute Gasteiger partial charge is 0.256 e. The van der Waals surface area contributed by atoms with Gasteiger partial charge in [0.25, 0.3) is 5.91 Å². The van der Waals surface area contributed by atoms with Crippen molar-refractivity contribution < 1.29 is 10.0 Å². The van der Waals surface area contributed by atoms with Crippen LogP contribution in [0.4, 0.5) is 0 Å². The molecule has 114 valence electrons. The van der Waals surface area contributed by atoms with Crippen molar-refractivity contribution in [2.45, 2.75) is 24.5 Å². The third-order valence-electron chi connectivity index (χ3n) is 3.05. The summed E-state index contributed by atoms with van der Waals surface area (Å²) in [5.41, 5.74) is 1.73. The maximum Gasteiger partial charge on any atom is 0.256 e. The number of hydrogen-bond acceptors (Lipinski definition) is 5. The van der Waals surface area contributed by atoms with Gasteiger partial charge in [-0.25, -0.2) is 5.48 Å². The first-order valence-corrected chi connectivity index (χ1v) is 10.2. The number of thiophene rings is 2. The van der Waals surface area contributed by atoms with E-state index in [4.69, 9.17) is 5.21 Å². The Morgan fingerprint density at radius 3 is 2.67 bits per heavy atom. The second-order valence-electron chi connectivity index (χ2n) is 4.46. The number of aryl methyl sites for hydroxylation is 1. The molecule has 0 aliphatic carbocycles. The number of nitrogens with one attached hydrogen (secondary N) is 1. The van der Waals surface area contributed by atoms with Crippen molar-refractivity contribution in [1.82, 2.24) is 5.48 Å². The Balaban J connectivity index is 1.87. The molecule has 2 N–H and O–H groups in total. The molecule has 0 spiro atoms. The molecule has 0 radical (unpaired) electrons. The molecule has 1 atom stereocenters. The van der Waals surface area contributed by atoms with Crippen LogP contribution in [0.5, 0.6) is 0 Å². The SMILES string of the molecule is CSC(CCCc1ccc(-c2ccc(Br)s2)s1)C(=O)NO. The third kappa shape index (κ3) is 4.82. The highest BCUT2D eigenvalue weighted by Crippen LogP contribution is 2.36. The molecule has 0 saturated carbocycles. The maximum absolute atomic E-state index is 11.4. The van der Waals surface area contributed by atoms with E-state index in [0.29, 0.717) is 0 Å². The Morgan fingerprint density at radius 2 is 2.05 bits per heavy atom. The summed E-state index contributed by atoms with van der Waals surface area (Å²) in [7, 11) is 0. The highest BCUT2D eigenvalue weighted by Gasteiger charge is 2.16. The van der Waals surface area contributed by atoms with Gasteiger partial charge in [0, 0.05) is 14.6 Å². The molecule has 2 aromatic rings. The zero-order valence-corrected chi connectivity index (χ0v) is 15.5. The summed E-state index contributed by atoms with van der Waals surface area (Å²) >= 11 is 8.50. The van der Waals surface area contributed by atoms with Crippen molar-refractivity contribution in [3.05, 3.63) is 32.9 Å². The Hall–Kier alpha value is -0.340. The molecular weight excluding hydrogens is 390 g/mol. The van der Waals surface area contributed by atoms with Crippen LogP contribution in [0.3, 0.4) is 0 Å². The normalized spacial score (nSPS) is 12.3. The molecule has 0 aliphatic heterocycles. The second kappa shape index (κ2) is 8.33. The van der Waals surface area contributed by atoms with E-state index >= 15 is 0 Å². The molecule has 0 fully saturated rings. The quantitative estimate of drug-likeness (QED) is 0.513. The molecule has 1 amide bonds. The van der Waals surface area contributed by atoms with Gasteiger partial charge in [0.2, 0.25) is 0 Å². The standard InChI is InChI=1S/C14H16BrNO2S3/c1-19-12(14(17)16-18)4-2-3-9-5-6-10(20-9)11-7-8-13(15)21-11/h5-8,12,18H,2-4H2,1H3,(H,16,17). The van der Waals surface area contributed by atoms with E-state index in [0.717, 1.165) is 23.0 Å².